The molecule has 0 rings (SSSR count). The third-order valence-corrected chi connectivity index (χ3v) is 0. The van der Waals surface area contributed by atoms with Crippen LogP contribution in [0.5, 0.6) is 0 Å². The Morgan fingerprint density at radius 3 is 1.25 bits per heavy atom. The maximum absolute atomic E-state index is 7.81. The second-order valence-corrected chi connectivity index (χ2v) is 0. The van der Waals surface area contributed by atoms with Gasteiger partial charge in [-0.15, -0.1) is 0 Å². The fourth-order valence-corrected chi connectivity index (χ4v) is 0. The second kappa shape index (κ2) is 16.4. The molecule has 0 saturated heterocycles. The van der Waals surface area contributed by atoms with Crippen LogP contribution in [0, 0.1) is 39.9 Å². The van der Waals surface area contributed by atoms with E-state index in [2.05, 4.69) is 15.9 Å². The second-order valence-electron chi connectivity index (χ2n) is 0. The maximum atomic E-state index is 7.81. The molecule has 0 heterocycles. The summed E-state index contributed by atoms with van der Waals surface area (Å²) >= 11 is 2.94. The molecule has 0 amide bonds. The third kappa shape index (κ3) is 8.96. The molecule has 0 unspecified atom stereocenters. The van der Waals surface area contributed by atoms with Crippen LogP contribution in [0.15, 0.2) is 0 Å². The van der Waals surface area contributed by atoms with Crippen LogP contribution in [0.25, 0.3) is 0 Å². The summed E-state index contributed by atoms with van der Waals surface area (Å²) in [5, 5.41) is 0. The standard InChI is InChI=1S/Ba.Cu.Gd.O. The molecular weight excluding hydrogens is 374 g/mol. The molecule has 0 N–H and O–H groups in total. The Kier molecular flexibility index (Phi) is 64.1. The molecule has 0 aromatic rings. The average molecular weight is 374 g/mol. The van der Waals surface area contributed by atoms with E-state index in [0.717, 1.165) is 0 Å². The van der Waals surface area contributed by atoms with Gasteiger partial charge in [0.2, 0.25) is 0 Å². The van der Waals surface area contributed by atoms with Crippen molar-refractivity contribution < 1.29 is 59.7 Å². The Hall–Kier alpha value is 3.22. The van der Waals surface area contributed by atoms with E-state index in [9.17, 15) is 0 Å². The molecule has 0 aliphatic heterocycles. The Morgan fingerprint density at radius 1 is 1.25 bits per heavy atom. The van der Waals surface area contributed by atoms with Crippen LogP contribution in [-0.2, 0) is 19.8 Å². The van der Waals surface area contributed by atoms with Crippen LogP contribution >= 0.6 is 0 Å². The van der Waals surface area contributed by atoms with E-state index in [-0.39, 0.29) is 88.8 Å². The molecule has 0 aliphatic rings. The van der Waals surface area contributed by atoms with Gasteiger partial charge in [0.15, 0.2) is 0 Å². The normalized spacial score (nSPS) is 1.50. The van der Waals surface area contributed by atoms with Crippen molar-refractivity contribution in [2.75, 3.05) is 0 Å². The van der Waals surface area contributed by atoms with E-state index in [1.54, 1.807) is 0 Å². The molecule has 0 saturated carbocycles. The van der Waals surface area contributed by atoms with Gasteiger partial charge in [0.05, 0.1) is 0 Å². The summed E-state index contributed by atoms with van der Waals surface area (Å²) in [6.45, 7) is 0. The van der Waals surface area contributed by atoms with E-state index in [1.807, 2.05) is 0 Å². The zero-order chi connectivity index (χ0) is 2.00. The predicted octanol–water partition coefficient (Wildman–Crippen LogP) is -0.502. The van der Waals surface area contributed by atoms with Gasteiger partial charge in [-0.1, -0.05) is 0 Å². The zero-order valence-electron chi connectivity index (χ0n) is 1.77. The Labute approximate surface area is 105 Å². The van der Waals surface area contributed by atoms with Crippen molar-refractivity contribution in [3.63, 3.8) is 0 Å². The van der Waals surface area contributed by atoms with Crippen LogP contribution in [0.3, 0.4) is 0 Å². The number of rotatable bonds is 0. The first-order valence-corrected chi connectivity index (χ1v) is 0.508. The van der Waals surface area contributed by atoms with E-state index in [0.29, 0.717) is 0 Å². The van der Waals surface area contributed by atoms with Crippen molar-refractivity contribution in [1.29, 1.82) is 0 Å². The molecule has 0 atom stereocenters. The van der Waals surface area contributed by atoms with Gasteiger partial charge in [-0.25, -0.2) is 0 Å². The minimum atomic E-state index is 0. The molecular formula is BaCuGdO. The molecule has 0 bridgehead atoms. The first-order chi connectivity index (χ1) is 1.00. The number of hydrogen-bond acceptors (Lipinski definition) is 1. The predicted molar refractivity (Wildman–Crippen MR) is 6.44 cm³/mol. The van der Waals surface area contributed by atoms with E-state index in [1.165, 1.54) is 0 Å². The average Bonchev–Trinajstić information content (AvgIpc) is 1.00. The van der Waals surface area contributed by atoms with Gasteiger partial charge in [0.25, 0.3) is 0 Å². The number of hydrogen-bond donors (Lipinski definition) is 0. The molecule has 1 nitrogen and oxygen atoms in total. The SMILES string of the molecule is [Ba].[Gd].[O]=[Cu]. The van der Waals surface area contributed by atoms with Crippen molar-refractivity contribution in [1.82, 2.24) is 0 Å². The monoisotopic (exact) mass is 375 g/mol. The Balaban J connectivity index is -0.00000000500. The van der Waals surface area contributed by atoms with E-state index in [4.69, 9.17) is 3.83 Å². The Morgan fingerprint density at radius 2 is 1.25 bits per heavy atom. The molecule has 0 aromatic carbocycles. The third-order valence-electron chi connectivity index (χ3n) is 0. The molecule has 4 heteroatoms. The fourth-order valence-electron chi connectivity index (χ4n) is 0. The summed E-state index contributed by atoms with van der Waals surface area (Å²) in [7, 11) is 0. The molecule has 0 spiro atoms. The Bertz CT molecular complexity index is 8.00. The van der Waals surface area contributed by atoms with Gasteiger partial charge in [0, 0.05) is 88.8 Å². The molecule has 2 radical (unpaired) electrons. The van der Waals surface area contributed by atoms with Crippen LogP contribution in [0.1, 0.15) is 0 Å². The summed E-state index contributed by atoms with van der Waals surface area (Å²) in [6, 6.07) is 0. The summed E-state index contributed by atoms with van der Waals surface area (Å²) in [5.74, 6) is 0. The van der Waals surface area contributed by atoms with Crippen LogP contribution < -0.4 is 0 Å². The van der Waals surface area contributed by atoms with Crippen LogP contribution in [-0.4, -0.2) is 48.9 Å². The van der Waals surface area contributed by atoms with Crippen molar-refractivity contribution in [3.8, 4) is 0 Å². The van der Waals surface area contributed by atoms with Crippen molar-refractivity contribution >= 4 is 48.9 Å². The van der Waals surface area contributed by atoms with Crippen LogP contribution in [0.4, 0.5) is 0 Å². The van der Waals surface area contributed by atoms with Crippen molar-refractivity contribution in [2.45, 2.75) is 0 Å². The molecule has 4 heavy (non-hydrogen) atoms. The van der Waals surface area contributed by atoms with Gasteiger partial charge >= 0.3 is 19.8 Å². The summed E-state index contributed by atoms with van der Waals surface area (Å²) in [5.41, 5.74) is 0. The zero-order valence-corrected chi connectivity index (χ0v) is 9.42. The fraction of sp³-hybridized carbons (Fsp3) is 0. The van der Waals surface area contributed by atoms with Crippen molar-refractivity contribution in [3.05, 3.63) is 0 Å². The summed E-state index contributed by atoms with van der Waals surface area (Å²) in [4.78, 5) is 0. The van der Waals surface area contributed by atoms with Gasteiger partial charge < -0.3 is 0 Å². The van der Waals surface area contributed by atoms with E-state index < -0.39 is 0 Å². The van der Waals surface area contributed by atoms with Gasteiger partial charge in [-0.2, -0.15) is 0 Å². The topological polar surface area (TPSA) is 17.1 Å². The van der Waals surface area contributed by atoms with Gasteiger partial charge in [-0.05, 0) is 0 Å². The minimum absolute atomic E-state index is 0. The first kappa shape index (κ1) is 15.7. The molecule has 0 aromatic heterocycles. The quantitative estimate of drug-likeness (QED) is 0.523. The summed E-state index contributed by atoms with van der Waals surface area (Å²) < 4.78 is 7.81. The first-order valence-electron chi connectivity index (χ1n) is 0.123. The van der Waals surface area contributed by atoms with Gasteiger partial charge in [-0.3, -0.25) is 0 Å². The molecule has 0 fully saturated rings. The van der Waals surface area contributed by atoms with Crippen molar-refractivity contribution in [2.24, 2.45) is 0 Å². The van der Waals surface area contributed by atoms with Crippen LogP contribution in [0.2, 0.25) is 0 Å². The van der Waals surface area contributed by atoms with E-state index >= 15 is 0 Å². The molecule has 27 valence electrons. The van der Waals surface area contributed by atoms with Gasteiger partial charge in [0.1, 0.15) is 0 Å². The summed E-state index contributed by atoms with van der Waals surface area (Å²) in [6.07, 6.45) is 0. The molecule has 0 aliphatic carbocycles.